The van der Waals surface area contributed by atoms with Crippen molar-refractivity contribution in [2.24, 2.45) is 0 Å². The topological polar surface area (TPSA) is 40.5 Å². The highest BCUT2D eigenvalue weighted by molar-refractivity contribution is 5.74. The largest absolute Gasteiger partial charge is 0.480 e. The lowest BCUT2D eigenvalue weighted by Gasteiger charge is -2.32. The van der Waals surface area contributed by atoms with Crippen LogP contribution in [0.1, 0.15) is 41.1 Å². The third-order valence-electron chi connectivity index (χ3n) is 4.99. The molecule has 156 valence electrons. The number of benzene rings is 2. The van der Waals surface area contributed by atoms with Crippen LogP contribution in [0.4, 0.5) is 26.3 Å². The van der Waals surface area contributed by atoms with Gasteiger partial charge in [0.15, 0.2) is 0 Å². The third-order valence-corrected chi connectivity index (χ3v) is 4.99. The summed E-state index contributed by atoms with van der Waals surface area (Å²) in [4.78, 5) is 13.1. The summed E-state index contributed by atoms with van der Waals surface area (Å²) in [6.45, 7) is 0.304. The first-order valence-corrected chi connectivity index (χ1v) is 8.81. The Balaban J connectivity index is 2.09. The number of likely N-dealkylation sites (tertiary alicyclic amines) is 1. The van der Waals surface area contributed by atoms with Crippen LogP contribution < -0.4 is 0 Å². The molecule has 2 unspecified atom stereocenters. The van der Waals surface area contributed by atoms with Gasteiger partial charge in [-0.1, -0.05) is 24.3 Å². The van der Waals surface area contributed by atoms with E-state index in [4.69, 9.17) is 0 Å². The fraction of sp³-hybridized carbons (Fsp3) is 0.350. The number of hydrogen-bond acceptors (Lipinski definition) is 2. The zero-order chi connectivity index (χ0) is 21.4. The van der Waals surface area contributed by atoms with Crippen molar-refractivity contribution < 1.29 is 36.2 Å². The van der Waals surface area contributed by atoms with Gasteiger partial charge in [-0.2, -0.15) is 26.3 Å². The molecule has 3 nitrogen and oxygen atoms in total. The Morgan fingerprint density at radius 3 is 2.10 bits per heavy atom. The van der Waals surface area contributed by atoms with Gasteiger partial charge in [0.2, 0.25) is 0 Å². The Bertz CT molecular complexity index is 876. The molecule has 29 heavy (non-hydrogen) atoms. The van der Waals surface area contributed by atoms with Gasteiger partial charge in [0.1, 0.15) is 6.04 Å². The summed E-state index contributed by atoms with van der Waals surface area (Å²) in [5.41, 5.74) is -1.32. The average Bonchev–Trinajstić information content (AvgIpc) is 3.11. The molecule has 9 heteroatoms. The van der Waals surface area contributed by atoms with Crippen molar-refractivity contribution in [3.8, 4) is 0 Å². The van der Waals surface area contributed by atoms with E-state index in [1.54, 1.807) is 0 Å². The lowest BCUT2D eigenvalue weighted by molar-refractivity contribution is -0.143. The number of halogens is 6. The Kier molecular flexibility index (Phi) is 5.62. The zero-order valence-electron chi connectivity index (χ0n) is 15.0. The van der Waals surface area contributed by atoms with Crippen LogP contribution in [-0.4, -0.2) is 28.6 Å². The Morgan fingerprint density at radius 2 is 1.55 bits per heavy atom. The molecule has 0 amide bonds. The van der Waals surface area contributed by atoms with Crippen molar-refractivity contribution in [3.63, 3.8) is 0 Å². The molecule has 1 aliphatic rings. The summed E-state index contributed by atoms with van der Waals surface area (Å²) in [6, 6.07) is 6.67. The molecule has 0 bridgehead atoms. The van der Waals surface area contributed by atoms with Gasteiger partial charge in [0, 0.05) is 6.54 Å². The summed E-state index contributed by atoms with van der Waals surface area (Å²) in [6.07, 6.45) is -8.32. The van der Waals surface area contributed by atoms with Gasteiger partial charge >= 0.3 is 18.3 Å². The van der Waals surface area contributed by atoms with Crippen LogP contribution in [0, 0.1) is 0 Å². The van der Waals surface area contributed by atoms with E-state index in [0.717, 1.165) is 24.3 Å². The Morgan fingerprint density at radius 1 is 0.931 bits per heavy atom. The molecular formula is C20H17F6NO2. The molecule has 2 aromatic rings. The lowest BCUT2D eigenvalue weighted by Crippen LogP contribution is -2.39. The molecule has 1 N–H and O–H groups in total. The van der Waals surface area contributed by atoms with Gasteiger partial charge < -0.3 is 5.11 Å². The summed E-state index contributed by atoms with van der Waals surface area (Å²) in [7, 11) is 0. The van der Waals surface area contributed by atoms with E-state index in [9.17, 15) is 36.2 Å². The summed E-state index contributed by atoms with van der Waals surface area (Å²) in [5, 5.41) is 9.49. The van der Waals surface area contributed by atoms with Crippen LogP contribution in [0.2, 0.25) is 0 Å². The van der Waals surface area contributed by atoms with Gasteiger partial charge in [-0.25, -0.2) is 0 Å². The summed E-state index contributed by atoms with van der Waals surface area (Å²) < 4.78 is 78.2. The second-order valence-corrected chi connectivity index (χ2v) is 6.88. The zero-order valence-corrected chi connectivity index (χ0v) is 15.0. The monoisotopic (exact) mass is 417 g/mol. The molecule has 0 aliphatic carbocycles. The molecule has 1 aliphatic heterocycles. The normalized spacial score (nSPS) is 19.3. The second kappa shape index (κ2) is 7.70. The predicted molar refractivity (Wildman–Crippen MR) is 92.1 cm³/mol. The fourth-order valence-electron chi connectivity index (χ4n) is 3.68. The quantitative estimate of drug-likeness (QED) is 0.681. The SMILES string of the molecule is O=C(O)C1CCCN1C(c1ccc(C(F)(F)F)cc1)c1cccc(C(F)(F)F)c1. The third kappa shape index (κ3) is 4.55. The van der Waals surface area contributed by atoms with Gasteiger partial charge in [-0.05, 0) is 48.2 Å². The van der Waals surface area contributed by atoms with Crippen molar-refractivity contribution >= 4 is 5.97 Å². The molecule has 0 saturated carbocycles. The maximum Gasteiger partial charge on any atom is 0.416 e. The number of rotatable bonds is 4. The molecule has 2 atom stereocenters. The molecule has 0 radical (unpaired) electrons. The smallest absolute Gasteiger partial charge is 0.416 e. The highest BCUT2D eigenvalue weighted by Crippen LogP contribution is 2.39. The highest BCUT2D eigenvalue weighted by Gasteiger charge is 2.38. The number of carboxylic acid groups (broad SMARTS) is 1. The minimum absolute atomic E-state index is 0.174. The molecule has 2 aromatic carbocycles. The number of aliphatic carboxylic acids is 1. The minimum atomic E-state index is -4.60. The van der Waals surface area contributed by atoms with Crippen molar-refractivity contribution in [2.75, 3.05) is 6.54 Å². The van der Waals surface area contributed by atoms with Gasteiger partial charge in [-0.15, -0.1) is 0 Å². The van der Waals surface area contributed by atoms with Crippen LogP contribution in [0.25, 0.3) is 0 Å². The number of carbonyl (C=O) groups is 1. The second-order valence-electron chi connectivity index (χ2n) is 6.88. The predicted octanol–water partition coefficient (Wildman–Crippen LogP) is 5.36. The van der Waals surface area contributed by atoms with E-state index in [-0.39, 0.29) is 5.56 Å². The average molecular weight is 417 g/mol. The van der Waals surface area contributed by atoms with E-state index >= 15 is 0 Å². The molecule has 1 heterocycles. The first kappa shape index (κ1) is 21.2. The number of alkyl halides is 6. The van der Waals surface area contributed by atoms with E-state index < -0.39 is 41.5 Å². The van der Waals surface area contributed by atoms with Crippen LogP contribution in [0.5, 0.6) is 0 Å². The molecule has 0 spiro atoms. The van der Waals surface area contributed by atoms with Crippen LogP contribution >= 0.6 is 0 Å². The Labute approximate surface area is 162 Å². The van der Waals surface area contributed by atoms with E-state index in [1.807, 2.05) is 0 Å². The Hall–Kier alpha value is -2.55. The van der Waals surface area contributed by atoms with E-state index in [2.05, 4.69) is 0 Å². The highest BCUT2D eigenvalue weighted by atomic mass is 19.4. The maximum absolute atomic E-state index is 13.2. The van der Waals surface area contributed by atoms with E-state index in [1.165, 1.54) is 29.2 Å². The summed E-state index contributed by atoms with van der Waals surface area (Å²) in [5.74, 6) is -1.12. The van der Waals surface area contributed by atoms with Crippen LogP contribution in [0.3, 0.4) is 0 Å². The maximum atomic E-state index is 13.2. The molecular weight excluding hydrogens is 400 g/mol. The van der Waals surface area contributed by atoms with Crippen molar-refractivity contribution in [3.05, 3.63) is 70.8 Å². The fourth-order valence-corrected chi connectivity index (χ4v) is 3.68. The standard InChI is InChI=1S/C20H17F6NO2/c21-19(22,23)14-8-6-12(7-9-14)17(27-10-2-5-16(27)18(28)29)13-3-1-4-15(11-13)20(24,25)26/h1,3-4,6-9,11,16-17H,2,5,10H2,(H,28,29). The number of hydrogen-bond donors (Lipinski definition) is 1. The van der Waals surface area contributed by atoms with Crippen molar-refractivity contribution in [2.45, 2.75) is 37.3 Å². The van der Waals surface area contributed by atoms with Gasteiger partial charge in [-0.3, -0.25) is 9.69 Å². The molecule has 3 rings (SSSR count). The first-order chi connectivity index (χ1) is 13.5. The number of carboxylic acids is 1. The summed E-state index contributed by atoms with van der Waals surface area (Å²) >= 11 is 0. The van der Waals surface area contributed by atoms with Gasteiger partial charge in [0.05, 0.1) is 17.2 Å². The molecule has 1 saturated heterocycles. The molecule has 0 aromatic heterocycles. The lowest BCUT2D eigenvalue weighted by atomic mass is 9.94. The molecule has 1 fully saturated rings. The van der Waals surface area contributed by atoms with Crippen LogP contribution in [-0.2, 0) is 17.1 Å². The van der Waals surface area contributed by atoms with E-state index in [0.29, 0.717) is 24.9 Å². The van der Waals surface area contributed by atoms with Gasteiger partial charge in [0.25, 0.3) is 0 Å². The van der Waals surface area contributed by atoms with Crippen LogP contribution in [0.15, 0.2) is 48.5 Å². The van der Waals surface area contributed by atoms with Crippen molar-refractivity contribution in [1.82, 2.24) is 4.90 Å². The first-order valence-electron chi connectivity index (χ1n) is 8.81. The minimum Gasteiger partial charge on any atom is -0.480 e. The number of nitrogens with zero attached hydrogens (tertiary/aromatic N) is 1. The van der Waals surface area contributed by atoms with Crippen molar-refractivity contribution in [1.29, 1.82) is 0 Å².